The summed E-state index contributed by atoms with van der Waals surface area (Å²) in [5, 5.41) is 2.84. The van der Waals surface area contributed by atoms with Gasteiger partial charge in [0.2, 0.25) is 5.91 Å². The zero-order valence-corrected chi connectivity index (χ0v) is 14.4. The Labute approximate surface area is 147 Å². The first kappa shape index (κ1) is 17.1. The van der Waals surface area contributed by atoms with Gasteiger partial charge in [-0.05, 0) is 42.2 Å². The number of anilines is 2. The maximum Gasteiger partial charge on any atom is 0.259 e. The number of benzene rings is 1. The molecule has 0 saturated carbocycles. The van der Waals surface area contributed by atoms with Crippen molar-refractivity contribution in [3.8, 4) is 0 Å². The summed E-state index contributed by atoms with van der Waals surface area (Å²) in [7, 11) is 0. The molecule has 0 spiro atoms. The van der Waals surface area contributed by atoms with Crippen LogP contribution in [0.3, 0.4) is 0 Å². The lowest BCUT2D eigenvalue weighted by atomic mass is 10.0. The minimum atomic E-state index is -0.568. The average molecular weight is 338 g/mol. The molecule has 2 heterocycles. The maximum atomic E-state index is 12.7. The summed E-state index contributed by atoms with van der Waals surface area (Å²) in [5.74, 6) is -0.259. The van der Waals surface area contributed by atoms with E-state index in [-0.39, 0.29) is 17.7 Å². The maximum absolute atomic E-state index is 12.7. The van der Waals surface area contributed by atoms with E-state index in [0.717, 1.165) is 17.7 Å². The number of hydrogen-bond donors (Lipinski definition) is 2. The van der Waals surface area contributed by atoms with Gasteiger partial charge >= 0.3 is 0 Å². The molecule has 1 aliphatic rings. The molecular formula is C19H22N4O2. The Morgan fingerprint density at radius 3 is 2.76 bits per heavy atom. The number of nitrogens with zero attached hydrogens (tertiary/aromatic N) is 2. The van der Waals surface area contributed by atoms with E-state index in [1.54, 1.807) is 29.4 Å². The minimum absolute atomic E-state index is 0.0538. The van der Waals surface area contributed by atoms with Crippen LogP contribution in [0.15, 0.2) is 42.7 Å². The highest BCUT2D eigenvalue weighted by molar-refractivity contribution is 6.07. The lowest BCUT2D eigenvalue weighted by Gasteiger charge is -2.19. The Hall–Kier alpha value is -2.73. The van der Waals surface area contributed by atoms with Crippen molar-refractivity contribution in [2.45, 2.75) is 26.3 Å². The predicted octanol–water partition coefficient (Wildman–Crippen LogP) is 2.21. The second-order valence-corrected chi connectivity index (χ2v) is 6.55. The van der Waals surface area contributed by atoms with Crippen LogP contribution in [-0.2, 0) is 11.2 Å². The molecule has 0 bridgehead atoms. The lowest BCUT2D eigenvalue weighted by molar-refractivity contribution is -0.118. The van der Waals surface area contributed by atoms with Gasteiger partial charge < -0.3 is 16.0 Å². The number of hydrogen-bond acceptors (Lipinski definition) is 4. The first-order valence-electron chi connectivity index (χ1n) is 8.38. The summed E-state index contributed by atoms with van der Waals surface area (Å²) in [4.78, 5) is 30.6. The van der Waals surface area contributed by atoms with Gasteiger partial charge in [-0.25, -0.2) is 0 Å². The zero-order valence-electron chi connectivity index (χ0n) is 14.4. The molecule has 3 rings (SSSR count). The SMILES string of the molecule is CC(C)[C@H](N)C(=O)Nc1ccc2c(c1)N(C(=O)c1cccnc1)CC2. The van der Waals surface area contributed by atoms with Gasteiger partial charge in [-0.15, -0.1) is 0 Å². The quantitative estimate of drug-likeness (QED) is 0.894. The van der Waals surface area contributed by atoms with E-state index in [0.29, 0.717) is 17.8 Å². The number of carbonyl (C=O) groups is 2. The fourth-order valence-corrected chi connectivity index (χ4v) is 2.84. The Kier molecular flexibility index (Phi) is 4.81. The molecule has 0 aliphatic carbocycles. The third-order valence-electron chi connectivity index (χ3n) is 4.42. The number of rotatable bonds is 4. The third kappa shape index (κ3) is 3.53. The number of carbonyl (C=O) groups excluding carboxylic acids is 2. The van der Waals surface area contributed by atoms with Crippen LogP contribution in [0.1, 0.15) is 29.8 Å². The van der Waals surface area contributed by atoms with Gasteiger partial charge in [0, 0.05) is 30.3 Å². The summed E-state index contributed by atoms with van der Waals surface area (Å²) in [6, 6.07) is 8.56. The molecule has 0 unspecified atom stereocenters. The van der Waals surface area contributed by atoms with Crippen LogP contribution < -0.4 is 16.0 Å². The van der Waals surface area contributed by atoms with Gasteiger partial charge in [0.25, 0.3) is 5.91 Å². The highest BCUT2D eigenvalue weighted by Gasteiger charge is 2.26. The Balaban J connectivity index is 1.82. The van der Waals surface area contributed by atoms with E-state index in [1.165, 1.54) is 0 Å². The topological polar surface area (TPSA) is 88.3 Å². The van der Waals surface area contributed by atoms with Crippen molar-refractivity contribution in [2.75, 3.05) is 16.8 Å². The van der Waals surface area contributed by atoms with Crippen molar-refractivity contribution in [3.05, 3.63) is 53.9 Å². The average Bonchev–Trinajstić information content (AvgIpc) is 3.04. The van der Waals surface area contributed by atoms with E-state index >= 15 is 0 Å². The zero-order chi connectivity index (χ0) is 18.0. The molecule has 1 aromatic heterocycles. The number of amides is 2. The Bertz CT molecular complexity index is 789. The standard InChI is InChI=1S/C19H22N4O2/c1-12(2)17(20)18(24)22-15-6-5-13-7-9-23(16(13)10-15)19(25)14-4-3-8-21-11-14/h3-6,8,10-12,17H,7,9,20H2,1-2H3,(H,22,24)/t17-/m0/s1. The predicted molar refractivity (Wildman–Crippen MR) is 97.5 cm³/mol. The summed E-state index contributed by atoms with van der Waals surface area (Å²) in [6.45, 7) is 4.43. The van der Waals surface area contributed by atoms with Gasteiger partial charge in [-0.3, -0.25) is 14.6 Å². The molecule has 2 aromatic rings. The highest BCUT2D eigenvalue weighted by atomic mass is 16.2. The van der Waals surface area contributed by atoms with E-state index in [4.69, 9.17) is 5.73 Å². The molecule has 0 radical (unpaired) electrons. The molecule has 0 saturated heterocycles. The number of pyridine rings is 1. The molecule has 1 aliphatic heterocycles. The highest BCUT2D eigenvalue weighted by Crippen LogP contribution is 2.32. The third-order valence-corrected chi connectivity index (χ3v) is 4.42. The second-order valence-electron chi connectivity index (χ2n) is 6.55. The number of nitrogens with one attached hydrogen (secondary N) is 1. The van der Waals surface area contributed by atoms with Crippen molar-refractivity contribution in [1.29, 1.82) is 0 Å². The molecule has 6 nitrogen and oxygen atoms in total. The van der Waals surface area contributed by atoms with Crippen LogP contribution in [-0.4, -0.2) is 29.4 Å². The molecule has 2 amide bonds. The number of aromatic nitrogens is 1. The molecular weight excluding hydrogens is 316 g/mol. The summed E-state index contributed by atoms with van der Waals surface area (Å²) >= 11 is 0. The van der Waals surface area contributed by atoms with Gasteiger partial charge in [-0.2, -0.15) is 0 Å². The fraction of sp³-hybridized carbons (Fsp3) is 0.316. The molecule has 130 valence electrons. The van der Waals surface area contributed by atoms with Crippen LogP contribution in [0.5, 0.6) is 0 Å². The first-order chi connectivity index (χ1) is 12.0. The van der Waals surface area contributed by atoms with Gasteiger partial charge in [-0.1, -0.05) is 19.9 Å². The smallest absolute Gasteiger partial charge is 0.259 e. The molecule has 6 heteroatoms. The summed E-state index contributed by atoms with van der Waals surface area (Å²) in [6.07, 6.45) is 4.00. The van der Waals surface area contributed by atoms with E-state index in [9.17, 15) is 9.59 Å². The van der Waals surface area contributed by atoms with Crippen molar-refractivity contribution in [1.82, 2.24) is 4.98 Å². The van der Waals surface area contributed by atoms with E-state index in [2.05, 4.69) is 10.3 Å². The van der Waals surface area contributed by atoms with Crippen LogP contribution >= 0.6 is 0 Å². The first-order valence-corrected chi connectivity index (χ1v) is 8.38. The van der Waals surface area contributed by atoms with Crippen LogP contribution in [0.2, 0.25) is 0 Å². The van der Waals surface area contributed by atoms with Crippen LogP contribution in [0, 0.1) is 5.92 Å². The lowest BCUT2D eigenvalue weighted by Crippen LogP contribution is -2.39. The molecule has 0 fully saturated rings. The fourth-order valence-electron chi connectivity index (χ4n) is 2.84. The van der Waals surface area contributed by atoms with Gasteiger partial charge in [0.1, 0.15) is 0 Å². The molecule has 3 N–H and O–H groups in total. The monoisotopic (exact) mass is 338 g/mol. The van der Waals surface area contributed by atoms with Crippen molar-refractivity contribution in [3.63, 3.8) is 0 Å². The Morgan fingerprint density at radius 1 is 1.28 bits per heavy atom. The normalized spacial score (nSPS) is 14.3. The Morgan fingerprint density at radius 2 is 2.08 bits per heavy atom. The van der Waals surface area contributed by atoms with E-state index in [1.807, 2.05) is 32.0 Å². The number of fused-ring (bicyclic) bond motifs is 1. The van der Waals surface area contributed by atoms with Gasteiger partial charge in [0.15, 0.2) is 0 Å². The van der Waals surface area contributed by atoms with E-state index < -0.39 is 6.04 Å². The molecule has 1 aromatic carbocycles. The summed E-state index contributed by atoms with van der Waals surface area (Å²) < 4.78 is 0. The van der Waals surface area contributed by atoms with Gasteiger partial charge in [0.05, 0.1) is 11.6 Å². The second kappa shape index (κ2) is 7.03. The number of nitrogens with two attached hydrogens (primary N) is 1. The van der Waals surface area contributed by atoms with Crippen molar-refractivity contribution in [2.24, 2.45) is 11.7 Å². The summed E-state index contributed by atoms with van der Waals surface area (Å²) in [5.41, 5.74) is 8.99. The largest absolute Gasteiger partial charge is 0.325 e. The molecule has 1 atom stereocenters. The van der Waals surface area contributed by atoms with Crippen LogP contribution in [0.4, 0.5) is 11.4 Å². The molecule has 25 heavy (non-hydrogen) atoms. The van der Waals surface area contributed by atoms with Crippen molar-refractivity contribution < 1.29 is 9.59 Å². The van der Waals surface area contributed by atoms with Crippen molar-refractivity contribution >= 4 is 23.2 Å². The minimum Gasteiger partial charge on any atom is -0.325 e. The van der Waals surface area contributed by atoms with Crippen LogP contribution in [0.25, 0.3) is 0 Å².